The Morgan fingerprint density at radius 1 is 1.03 bits per heavy atom. The third kappa shape index (κ3) is 4.25. The zero-order valence-electron chi connectivity index (χ0n) is 16.4. The highest BCUT2D eigenvalue weighted by atomic mass is 35.5. The molecular formula is C22H26ClFN4S. The lowest BCUT2D eigenvalue weighted by Crippen LogP contribution is -2.37. The number of nitrogens with one attached hydrogen (secondary N) is 1. The summed E-state index contributed by atoms with van der Waals surface area (Å²) in [7, 11) is 0. The van der Waals surface area contributed by atoms with Crippen molar-refractivity contribution in [2.24, 2.45) is 11.8 Å². The second kappa shape index (κ2) is 8.40. The highest BCUT2D eigenvalue weighted by Gasteiger charge is 2.42. The van der Waals surface area contributed by atoms with Crippen LogP contribution in [0.15, 0.2) is 30.3 Å². The van der Waals surface area contributed by atoms with E-state index >= 15 is 0 Å². The van der Waals surface area contributed by atoms with Crippen LogP contribution in [0.5, 0.6) is 0 Å². The third-order valence-electron chi connectivity index (χ3n) is 6.71. The molecule has 1 aromatic heterocycles. The molecule has 7 heteroatoms. The smallest absolute Gasteiger partial charge is 0.148 e. The van der Waals surface area contributed by atoms with Gasteiger partial charge >= 0.3 is 0 Å². The molecule has 0 amide bonds. The number of aromatic nitrogens is 2. The average molecular weight is 433 g/mol. The van der Waals surface area contributed by atoms with Gasteiger partial charge in [0, 0.05) is 30.7 Å². The first-order valence-electron chi connectivity index (χ1n) is 10.5. The number of benzene rings is 1. The largest absolute Gasteiger partial charge is 0.366 e. The molecule has 29 heavy (non-hydrogen) atoms. The number of rotatable bonds is 4. The van der Waals surface area contributed by atoms with Gasteiger partial charge < -0.3 is 5.32 Å². The maximum atomic E-state index is 13.5. The van der Waals surface area contributed by atoms with E-state index in [-0.39, 0.29) is 5.82 Å². The van der Waals surface area contributed by atoms with E-state index in [0.717, 1.165) is 23.7 Å². The van der Waals surface area contributed by atoms with Crippen molar-refractivity contribution in [2.75, 3.05) is 29.9 Å². The first kappa shape index (κ1) is 19.6. The van der Waals surface area contributed by atoms with Crippen LogP contribution in [0.4, 0.5) is 10.2 Å². The lowest BCUT2D eigenvalue weighted by molar-refractivity contribution is 0.211. The molecule has 2 saturated heterocycles. The summed E-state index contributed by atoms with van der Waals surface area (Å²) in [6.45, 7) is 2.53. The van der Waals surface area contributed by atoms with Crippen LogP contribution in [-0.2, 0) is 0 Å². The summed E-state index contributed by atoms with van der Waals surface area (Å²) in [4.78, 5) is 2.77. The van der Waals surface area contributed by atoms with Gasteiger partial charge in [0.15, 0.2) is 0 Å². The molecular weight excluding hydrogens is 407 g/mol. The third-order valence-corrected chi connectivity index (χ3v) is 8.09. The highest BCUT2D eigenvalue weighted by Crippen LogP contribution is 2.41. The van der Waals surface area contributed by atoms with E-state index in [0.29, 0.717) is 22.3 Å². The molecule has 3 heterocycles. The van der Waals surface area contributed by atoms with Crippen molar-refractivity contribution in [3.05, 3.63) is 41.2 Å². The number of fused-ring (bicyclic) bond motifs is 1. The molecule has 2 aliphatic heterocycles. The van der Waals surface area contributed by atoms with E-state index in [2.05, 4.69) is 32.2 Å². The molecule has 2 aromatic rings. The minimum absolute atomic E-state index is 0.327. The SMILES string of the molecule is Fc1ccc(Cl)c(-c2ccc(NC3CC4CN(C5CCSCC5)C[C@H]4C3)nn2)c1. The summed E-state index contributed by atoms with van der Waals surface area (Å²) < 4.78 is 13.5. The lowest BCUT2D eigenvalue weighted by Gasteiger charge is -2.31. The van der Waals surface area contributed by atoms with Gasteiger partial charge in [0.1, 0.15) is 11.6 Å². The molecule has 2 unspecified atom stereocenters. The fourth-order valence-electron chi connectivity index (χ4n) is 5.26. The molecule has 3 atom stereocenters. The Balaban J connectivity index is 1.18. The molecule has 5 rings (SSSR count). The van der Waals surface area contributed by atoms with Gasteiger partial charge in [-0.15, -0.1) is 10.2 Å². The van der Waals surface area contributed by atoms with Crippen molar-refractivity contribution in [3.63, 3.8) is 0 Å². The van der Waals surface area contributed by atoms with Crippen LogP contribution >= 0.6 is 23.4 Å². The highest BCUT2D eigenvalue weighted by molar-refractivity contribution is 7.99. The molecule has 154 valence electrons. The molecule has 0 bridgehead atoms. The summed E-state index contributed by atoms with van der Waals surface area (Å²) in [6.07, 6.45) is 5.15. The van der Waals surface area contributed by atoms with Crippen LogP contribution < -0.4 is 5.32 Å². The van der Waals surface area contributed by atoms with Gasteiger partial charge in [-0.05, 0) is 79.4 Å². The van der Waals surface area contributed by atoms with Crippen molar-refractivity contribution in [2.45, 2.75) is 37.8 Å². The topological polar surface area (TPSA) is 41.0 Å². The standard InChI is InChI=1S/C22H26ClFN4S/c23-20-2-1-16(24)11-19(20)21-3-4-22(27-26-21)25-17-9-14-12-28(13-15(14)10-17)18-5-7-29-8-6-18/h1-4,11,14-15,17-18H,5-10,12-13H2,(H,25,27)/t14-,15?,17?/m1/s1. The maximum absolute atomic E-state index is 13.5. The van der Waals surface area contributed by atoms with Crippen molar-refractivity contribution in [1.82, 2.24) is 15.1 Å². The molecule has 1 N–H and O–H groups in total. The normalized spacial score (nSPS) is 27.9. The molecule has 3 aliphatic rings. The first-order chi connectivity index (χ1) is 14.2. The lowest BCUT2D eigenvalue weighted by atomic mass is 10.0. The first-order valence-corrected chi connectivity index (χ1v) is 12.1. The van der Waals surface area contributed by atoms with Crippen LogP contribution in [-0.4, -0.2) is 51.8 Å². The number of anilines is 1. The molecule has 1 saturated carbocycles. The van der Waals surface area contributed by atoms with Crippen molar-refractivity contribution < 1.29 is 4.39 Å². The van der Waals surface area contributed by atoms with E-state index < -0.39 is 0 Å². The molecule has 1 aromatic carbocycles. The molecule has 1 aliphatic carbocycles. The predicted octanol–water partition coefficient (Wildman–Crippen LogP) is 4.95. The van der Waals surface area contributed by atoms with Gasteiger partial charge in [0.25, 0.3) is 0 Å². The van der Waals surface area contributed by atoms with Crippen molar-refractivity contribution in [3.8, 4) is 11.3 Å². The second-order valence-electron chi connectivity index (χ2n) is 8.56. The minimum Gasteiger partial charge on any atom is -0.366 e. The number of hydrogen-bond donors (Lipinski definition) is 1. The van der Waals surface area contributed by atoms with Crippen molar-refractivity contribution in [1.29, 1.82) is 0 Å². The number of nitrogens with zero attached hydrogens (tertiary/aromatic N) is 3. The van der Waals surface area contributed by atoms with Gasteiger partial charge in [0.05, 0.1) is 10.7 Å². The molecule has 4 nitrogen and oxygen atoms in total. The summed E-state index contributed by atoms with van der Waals surface area (Å²) in [5.74, 6) is 4.73. The summed E-state index contributed by atoms with van der Waals surface area (Å²) in [6, 6.07) is 9.35. The Morgan fingerprint density at radius 3 is 2.48 bits per heavy atom. The second-order valence-corrected chi connectivity index (χ2v) is 10.2. The minimum atomic E-state index is -0.327. The van der Waals surface area contributed by atoms with E-state index in [4.69, 9.17) is 11.6 Å². The van der Waals surface area contributed by atoms with Gasteiger partial charge in [-0.1, -0.05) is 11.6 Å². The fraction of sp³-hybridized carbons (Fsp3) is 0.545. The van der Waals surface area contributed by atoms with Crippen molar-refractivity contribution >= 4 is 29.2 Å². The number of thioether (sulfide) groups is 1. The fourth-order valence-corrected chi connectivity index (χ4v) is 6.55. The summed E-state index contributed by atoms with van der Waals surface area (Å²) in [5, 5.41) is 12.6. The van der Waals surface area contributed by atoms with Gasteiger partial charge in [0.2, 0.25) is 0 Å². The van der Waals surface area contributed by atoms with E-state index in [1.54, 1.807) is 6.07 Å². The van der Waals surface area contributed by atoms with E-state index in [1.165, 1.54) is 62.4 Å². The maximum Gasteiger partial charge on any atom is 0.148 e. The Kier molecular flexibility index (Phi) is 5.67. The van der Waals surface area contributed by atoms with Crippen LogP contribution in [0.3, 0.4) is 0 Å². The Hall–Kier alpha value is -1.37. The average Bonchev–Trinajstić information content (AvgIpc) is 3.30. The van der Waals surface area contributed by atoms with Gasteiger partial charge in [-0.25, -0.2) is 4.39 Å². The van der Waals surface area contributed by atoms with Gasteiger partial charge in [-0.2, -0.15) is 11.8 Å². The summed E-state index contributed by atoms with van der Waals surface area (Å²) >= 11 is 8.28. The molecule has 0 radical (unpaired) electrons. The predicted molar refractivity (Wildman–Crippen MR) is 118 cm³/mol. The zero-order chi connectivity index (χ0) is 19.8. The number of likely N-dealkylation sites (tertiary alicyclic amines) is 1. The van der Waals surface area contributed by atoms with Crippen LogP contribution in [0.1, 0.15) is 25.7 Å². The molecule has 0 spiro atoms. The Labute approximate surface area is 180 Å². The molecule has 3 fully saturated rings. The Bertz CT molecular complexity index is 844. The van der Waals surface area contributed by atoms with E-state index in [1.807, 2.05) is 12.1 Å². The zero-order valence-corrected chi connectivity index (χ0v) is 17.9. The van der Waals surface area contributed by atoms with Crippen LogP contribution in [0, 0.1) is 17.7 Å². The number of hydrogen-bond acceptors (Lipinski definition) is 5. The number of halogens is 2. The summed E-state index contributed by atoms with van der Waals surface area (Å²) in [5.41, 5.74) is 1.16. The van der Waals surface area contributed by atoms with Gasteiger partial charge in [-0.3, -0.25) is 4.90 Å². The van der Waals surface area contributed by atoms with Crippen LogP contribution in [0.25, 0.3) is 11.3 Å². The van der Waals surface area contributed by atoms with E-state index in [9.17, 15) is 4.39 Å². The monoisotopic (exact) mass is 432 g/mol. The quantitative estimate of drug-likeness (QED) is 0.739. The van der Waals surface area contributed by atoms with Crippen LogP contribution in [0.2, 0.25) is 5.02 Å². The Morgan fingerprint density at radius 2 is 1.79 bits per heavy atom.